The molecule has 2 nitrogen and oxygen atoms in total. The Labute approximate surface area is 129 Å². The normalized spacial score (nSPS) is 12.8. The van der Waals surface area contributed by atoms with Gasteiger partial charge in [0.15, 0.2) is 4.77 Å². The minimum Gasteiger partial charge on any atom is -0.331 e. The third-order valence-electron chi connectivity index (χ3n) is 3.42. The number of fused-ring (bicyclic) bond motifs is 1. The molecule has 0 fully saturated rings. The van der Waals surface area contributed by atoms with Crippen molar-refractivity contribution in [2.24, 2.45) is 0 Å². The van der Waals surface area contributed by atoms with E-state index < -0.39 is 0 Å². The van der Waals surface area contributed by atoms with Gasteiger partial charge in [-0.1, -0.05) is 34.1 Å². The Morgan fingerprint density at radius 2 is 2.00 bits per heavy atom. The van der Waals surface area contributed by atoms with Gasteiger partial charge < -0.3 is 9.55 Å². The molecule has 3 rings (SSSR count). The average Bonchev–Trinajstić information content (AvgIpc) is 2.74. The van der Waals surface area contributed by atoms with Crippen LogP contribution in [0.4, 0.5) is 4.39 Å². The zero-order valence-electron chi connectivity index (χ0n) is 10.7. The van der Waals surface area contributed by atoms with E-state index in [2.05, 4.69) is 20.9 Å². The summed E-state index contributed by atoms with van der Waals surface area (Å²) in [5.74, 6) is -0.216. The highest BCUT2D eigenvalue weighted by Gasteiger charge is 2.16. The number of benzene rings is 2. The summed E-state index contributed by atoms with van der Waals surface area (Å²) in [6, 6.07) is 12.5. The molecule has 102 valence electrons. The molecular weight excluding hydrogens is 339 g/mol. The molecule has 0 saturated heterocycles. The number of imidazole rings is 1. The average molecular weight is 351 g/mol. The molecule has 0 amide bonds. The van der Waals surface area contributed by atoms with Crippen LogP contribution >= 0.6 is 28.1 Å². The van der Waals surface area contributed by atoms with Gasteiger partial charge in [0.05, 0.1) is 17.1 Å². The zero-order valence-corrected chi connectivity index (χ0v) is 13.1. The molecule has 20 heavy (non-hydrogen) atoms. The van der Waals surface area contributed by atoms with Gasteiger partial charge in [-0.05, 0) is 43.4 Å². The van der Waals surface area contributed by atoms with E-state index in [-0.39, 0.29) is 11.9 Å². The van der Waals surface area contributed by atoms with E-state index in [0.717, 1.165) is 15.5 Å². The van der Waals surface area contributed by atoms with Gasteiger partial charge in [0.2, 0.25) is 0 Å². The summed E-state index contributed by atoms with van der Waals surface area (Å²) in [6.45, 7) is 1.95. The fraction of sp³-hybridized carbons (Fsp3) is 0.133. The van der Waals surface area contributed by atoms with Crippen LogP contribution in [0.3, 0.4) is 0 Å². The van der Waals surface area contributed by atoms with Gasteiger partial charge in [0.1, 0.15) is 5.82 Å². The van der Waals surface area contributed by atoms with Crippen LogP contribution < -0.4 is 0 Å². The molecule has 0 radical (unpaired) electrons. The summed E-state index contributed by atoms with van der Waals surface area (Å²) in [5, 5.41) is 0. The van der Waals surface area contributed by atoms with Crippen molar-refractivity contribution in [3.8, 4) is 0 Å². The topological polar surface area (TPSA) is 20.7 Å². The van der Waals surface area contributed by atoms with Crippen LogP contribution in [0.15, 0.2) is 46.9 Å². The van der Waals surface area contributed by atoms with Crippen LogP contribution in [0, 0.1) is 10.6 Å². The predicted molar refractivity (Wildman–Crippen MR) is 85.0 cm³/mol. The Morgan fingerprint density at radius 1 is 1.25 bits per heavy atom. The van der Waals surface area contributed by atoms with Crippen molar-refractivity contribution in [2.45, 2.75) is 13.0 Å². The minimum absolute atomic E-state index is 0.174. The van der Waals surface area contributed by atoms with E-state index in [1.807, 2.05) is 35.8 Å². The zero-order chi connectivity index (χ0) is 14.3. The Bertz CT molecular complexity index is 837. The van der Waals surface area contributed by atoms with Crippen LogP contribution in [0.5, 0.6) is 0 Å². The Hall–Kier alpha value is -1.46. The fourth-order valence-electron chi connectivity index (χ4n) is 2.43. The summed E-state index contributed by atoms with van der Waals surface area (Å²) in [5.41, 5.74) is 2.53. The largest absolute Gasteiger partial charge is 0.331 e. The number of H-pyrrole nitrogens is 1. The first kappa shape index (κ1) is 13.5. The first-order valence-corrected chi connectivity index (χ1v) is 7.42. The fourth-order valence-corrected chi connectivity index (χ4v) is 3.15. The molecule has 1 atom stereocenters. The Morgan fingerprint density at radius 3 is 2.75 bits per heavy atom. The highest BCUT2D eigenvalue weighted by molar-refractivity contribution is 9.10. The third-order valence-corrected chi connectivity index (χ3v) is 4.21. The van der Waals surface area contributed by atoms with Crippen molar-refractivity contribution in [1.82, 2.24) is 9.55 Å². The monoisotopic (exact) mass is 350 g/mol. The lowest BCUT2D eigenvalue weighted by atomic mass is 10.1. The van der Waals surface area contributed by atoms with Crippen LogP contribution in [-0.4, -0.2) is 9.55 Å². The van der Waals surface area contributed by atoms with Gasteiger partial charge in [0, 0.05) is 10.0 Å². The van der Waals surface area contributed by atoms with E-state index in [0.29, 0.717) is 10.3 Å². The van der Waals surface area contributed by atoms with Gasteiger partial charge in [-0.2, -0.15) is 0 Å². The highest BCUT2D eigenvalue weighted by Crippen LogP contribution is 2.27. The van der Waals surface area contributed by atoms with Crippen molar-refractivity contribution in [3.63, 3.8) is 0 Å². The molecule has 2 aromatic carbocycles. The van der Waals surface area contributed by atoms with Crippen LogP contribution in [-0.2, 0) is 0 Å². The second-order valence-electron chi connectivity index (χ2n) is 4.66. The van der Waals surface area contributed by atoms with Crippen molar-refractivity contribution in [1.29, 1.82) is 0 Å². The molecule has 0 spiro atoms. The molecule has 1 unspecified atom stereocenters. The SMILES string of the molecule is CC(c1ccccc1F)n1c(=S)[nH]c2ccc(Br)cc21. The quantitative estimate of drug-likeness (QED) is 0.629. The maximum atomic E-state index is 14.0. The number of aromatic amines is 1. The highest BCUT2D eigenvalue weighted by atomic mass is 79.9. The molecule has 0 aliphatic carbocycles. The summed E-state index contributed by atoms with van der Waals surface area (Å²) < 4.78 is 17.5. The third kappa shape index (κ3) is 2.21. The summed E-state index contributed by atoms with van der Waals surface area (Å²) >= 11 is 8.85. The smallest absolute Gasteiger partial charge is 0.178 e. The molecule has 0 aliphatic rings. The van der Waals surface area contributed by atoms with E-state index in [1.54, 1.807) is 12.1 Å². The molecule has 0 aliphatic heterocycles. The van der Waals surface area contributed by atoms with E-state index in [9.17, 15) is 4.39 Å². The number of aromatic nitrogens is 2. The van der Waals surface area contributed by atoms with Crippen LogP contribution in [0.2, 0.25) is 0 Å². The van der Waals surface area contributed by atoms with E-state index in [1.165, 1.54) is 6.07 Å². The van der Waals surface area contributed by atoms with Gasteiger partial charge in [-0.25, -0.2) is 4.39 Å². The second-order valence-corrected chi connectivity index (χ2v) is 5.96. The minimum atomic E-state index is -0.216. The van der Waals surface area contributed by atoms with Crippen molar-refractivity contribution < 1.29 is 4.39 Å². The first-order chi connectivity index (χ1) is 9.58. The van der Waals surface area contributed by atoms with Crippen LogP contribution in [0.1, 0.15) is 18.5 Å². The molecule has 3 aromatic rings. The van der Waals surface area contributed by atoms with Gasteiger partial charge in [0.25, 0.3) is 0 Å². The predicted octanol–water partition coefficient (Wildman–Crippen LogP) is 5.21. The summed E-state index contributed by atoms with van der Waals surface area (Å²) in [4.78, 5) is 3.16. The molecule has 1 aromatic heterocycles. The molecule has 1 heterocycles. The molecular formula is C15H12BrFN2S. The van der Waals surface area contributed by atoms with Gasteiger partial charge in [-0.3, -0.25) is 0 Å². The first-order valence-electron chi connectivity index (χ1n) is 6.22. The lowest BCUT2D eigenvalue weighted by molar-refractivity contribution is 0.561. The summed E-state index contributed by atoms with van der Waals surface area (Å²) in [6.07, 6.45) is 0. The number of hydrogen-bond acceptors (Lipinski definition) is 1. The van der Waals surface area contributed by atoms with Crippen LogP contribution in [0.25, 0.3) is 11.0 Å². The lowest BCUT2D eigenvalue weighted by Crippen LogP contribution is -2.08. The van der Waals surface area contributed by atoms with E-state index >= 15 is 0 Å². The number of nitrogens with one attached hydrogen (secondary N) is 1. The van der Waals surface area contributed by atoms with Gasteiger partial charge >= 0.3 is 0 Å². The molecule has 0 bridgehead atoms. The van der Waals surface area contributed by atoms with Gasteiger partial charge in [-0.15, -0.1) is 0 Å². The standard InChI is InChI=1S/C15H12BrFN2S/c1-9(11-4-2-3-5-12(11)17)19-14-8-10(16)6-7-13(14)18-15(19)20/h2-9H,1H3,(H,18,20). The Kier molecular flexibility index (Phi) is 3.48. The number of nitrogens with zero attached hydrogens (tertiary/aromatic N) is 1. The van der Waals surface area contributed by atoms with E-state index in [4.69, 9.17) is 12.2 Å². The second kappa shape index (κ2) is 5.14. The summed E-state index contributed by atoms with van der Waals surface area (Å²) in [7, 11) is 0. The Balaban J connectivity index is 2.24. The number of hydrogen-bond donors (Lipinski definition) is 1. The molecule has 0 saturated carbocycles. The molecule has 5 heteroatoms. The maximum Gasteiger partial charge on any atom is 0.178 e. The molecule has 1 N–H and O–H groups in total. The number of halogens is 2. The lowest BCUT2D eigenvalue weighted by Gasteiger charge is -2.16. The van der Waals surface area contributed by atoms with Crippen molar-refractivity contribution in [2.75, 3.05) is 0 Å². The van der Waals surface area contributed by atoms with Crippen molar-refractivity contribution >= 4 is 39.2 Å². The maximum absolute atomic E-state index is 14.0. The van der Waals surface area contributed by atoms with Crippen molar-refractivity contribution in [3.05, 3.63) is 63.1 Å². The number of rotatable bonds is 2.